The van der Waals surface area contributed by atoms with Crippen LogP contribution in [0.4, 0.5) is 4.39 Å². The SMILES string of the molecule is CCCCCCCC1(CCc2ccc(OCCCCCC)cc2F)CCCCC1. The molecule has 0 amide bonds. The first-order valence-corrected chi connectivity index (χ1v) is 12.6. The highest BCUT2D eigenvalue weighted by Gasteiger charge is 2.31. The van der Waals surface area contributed by atoms with Gasteiger partial charge >= 0.3 is 0 Å². The standard InChI is InChI=1S/C27H45FO/c1-3-5-7-9-11-18-27(19-12-10-13-20-27)21-17-24-15-16-25(23-26(24)28)29-22-14-8-6-4-2/h15-16,23H,3-14,17-22H2,1-2H3. The van der Waals surface area contributed by atoms with Crippen molar-refractivity contribution < 1.29 is 9.13 Å². The van der Waals surface area contributed by atoms with E-state index in [2.05, 4.69) is 13.8 Å². The molecule has 0 aliphatic heterocycles. The Kier molecular flexibility index (Phi) is 11.7. The molecule has 2 rings (SSSR count). The molecule has 1 nitrogen and oxygen atoms in total. The molecule has 0 unspecified atom stereocenters. The third-order valence-electron chi connectivity index (χ3n) is 6.94. The molecular formula is C27H45FO. The Morgan fingerprint density at radius 1 is 0.828 bits per heavy atom. The number of hydrogen-bond acceptors (Lipinski definition) is 1. The first-order valence-electron chi connectivity index (χ1n) is 12.6. The molecule has 0 heterocycles. The molecule has 0 atom stereocenters. The van der Waals surface area contributed by atoms with Crippen molar-refractivity contribution in [2.24, 2.45) is 5.41 Å². The number of halogens is 1. The Labute approximate surface area is 179 Å². The lowest BCUT2D eigenvalue weighted by atomic mass is 9.68. The van der Waals surface area contributed by atoms with E-state index in [0.717, 1.165) is 24.8 Å². The van der Waals surface area contributed by atoms with Crippen molar-refractivity contribution in [2.75, 3.05) is 6.61 Å². The van der Waals surface area contributed by atoms with Gasteiger partial charge in [0.1, 0.15) is 11.6 Å². The highest BCUT2D eigenvalue weighted by atomic mass is 19.1. The molecular weight excluding hydrogens is 359 g/mol. The van der Waals surface area contributed by atoms with Crippen molar-refractivity contribution in [3.63, 3.8) is 0 Å². The van der Waals surface area contributed by atoms with Gasteiger partial charge in [-0.25, -0.2) is 4.39 Å². The quantitative estimate of drug-likeness (QED) is 0.265. The monoisotopic (exact) mass is 404 g/mol. The zero-order valence-corrected chi connectivity index (χ0v) is 19.2. The summed E-state index contributed by atoms with van der Waals surface area (Å²) >= 11 is 0. The van der Waals surface area contributed by atoms with E-state index in [9.17, 15) is 4.39 Å². The van der Waals surface area contributed by atoms with Crippen molar-refractivity contribution in [3.8, 4) is 5.75 Å². The lowest BCUT2D eigenvalue weighted by molar-refractivity contribution is 0.151. The van der Waals surface area contributed by atoms with Crippen LogP contribution in [0, 0.1) is 11.2 Å². The lowest BCUT2D eigenvalue weighted by Crippen LogP contribution is -2.25. The first kappa shape index (κ1) is 24.2. The maximum absolute atomic E-state index is 14.7. The second-order valence-electron chi connectivity index (χ2n) is 9.39. The number of rotatable bonds is 15. The summed E-state index contributed by atoms with van der Waals surface area (Å²) in [6.45, 7) is 5.18. The molecule has 2 heteroatoms. The van der Waals surface area contributed by atoms with Crippen molar-refractivity contribution in [3.05, 3.63) is 29.6 Å². The third-order valence-corrected chi connectivity index (χ3v) is 6.94. The molecule has 29 heavy (non-hydrogen) atoms. The predicted octanol–water partition coefficient (Wildman–Crippen LogP) is 9.03. The number of benzene rings is 1. The van der Waals surface area contributed by atoms with Crippen molar-refractivity contribution >= 4 is 0 Å². The molecule has 1 saturated carbocycles. The van der Waals surface area contributed by atoms with Gasteiger partial charge in [0, 0.05) is 6.07 Å². The topological polar surface area (TPSA) is 9.23 Å². The van der Waals surface area contributed by atoms with Crippen LogP contribution in [0.15, 0.2) is 18.2 Å². The molecule has 1 fully saturated rings. The van der Waals surface area contributed by atoms with Gasteiger partial charge in [0.25, 0.3) is 0 Å². The van der Waals surface area contributed by atoms with Crippen LogP contribution >= 0.6 is 0 Å². The fourth-order valence-corrected chi connectivity index (χ4v) is 4.97. The molecule has 0 saturated heterocycles. The number of hydrogen-bond donors (Lipinski definition) is 0. The molecule has 1 aliphatic rings. The van der Waals surface area contributed by atoms with Crippen LogP contribution in [0.3, 0.4) is 0 Å². The molecule has 0 spiro atoms. The number of aryl methyl sites for hydroxylation is 1. The maximum Gasteiger partial charge on any atom is 0.130 e. The third kappa shape index (κ3) is 9.09. The molecule has 0 radical (unpaired) electrons. The van der Waals surface area contributed by atoms with E-state index in [1.807, 2.05) is 12.1 Å². The van der Waals surface area contributed by atoms with Crippen molar-refractivity contribution in [2.45, 2.75) is 123 Å². The average Bonchev–Trinajstić information content (AvgIpc) is 2.74. The summed E-state index contributed by atoms with van der Waals surface area (Å²) < 4.78 is 20.4. The van der Waals surface area contributed by atoms with Gasteiger partial charge in [-0.15, -0.1) is 0 Å². The Balaban J connectivity index is 1.82. The fourth-order valence-electron chi connectivity index (χ4n) is 4.97. The summed E-state index contributed by atoms with van der Waals surface area (Å²) in [6, 6.07) is 5.54. The molecule has 1 aliphatic carbocycles. The van der Waals surface area contributed by atoms with E-state index in [-0.39, 0.29) is 5.82 Å². The maximum atomic E-state index is 14.7. The Morgan fingerprint density at radius 3 is 2.21 bits per heavy atom. The van der Waals surface area contributed by atoms with E-state index in [1.54, 1.807) is 6.07 Å². The van der Waals surface area contributed by atoms with Crippen LogP contribution in [0.2, 0.25) is 0 Å². The lowest BCUT2D eigenvalue weighted by Gasteiger charge is -2.38. The largest absolute Gasteiger partial charge is 0.493 e. The van der Waals surface area contributed by atoms with E-state index in [0.29, 0.717) is 17.8 Å². The van der Waals surface area contributed by atoms with Crippen molar-refractivity contribution in [1.82, 2.24) is 0 Å². The summed E-state index contributed by atoms with van der Waals surface area (Å²) in [5.41, 5.74) is 1.34. The van der Waals surface area contributed by atoms with E-state index in [4.69, 9.17) is 4.74 Å². The normalized spacial score (nSPS) is 16.1. The second kappa shape index (κ2) is 14.0. The first-order chi connectivity index (χ1) is 14.2. The summed E-state index contributed by atoms with van der Waals surface area (Å²) in [6.07, 6.45) is 21.7. The van der Waals surface area contributed by atoms with Crippen LogP contribution < -0.4 is 4.74 Å². The zero-order valence-electron chi connectivity index (χ0n) is 19.2. The number of unbranched alkanes of at least 4 members (excludes halogenated alkanes) is 7. The average molecular weight is 405 g/mol. The summed E-state index contributed by atoms with van der Waals surface area (Å²) in [4.78, 5) is 0. The smallest absolute Gasteiger partial charge is 0.130 e. The summed E-state index contributed by atoms with van der Waals surface area (Å²) in [5, 5.41) is 0. The predicted molar refractivity (Wildman–Crippen MR) is 123 cm³/mol. The van der Waals surface area contributed by atoms with Gasteiger partial charge in [-0.1, -0.05) is 90.5 Å². The molecule has 0 aromatic heterocycles. The molecule has 0 N–H and O–H groups in total. The van der Waals surface area contributed by atoms with E-state index in [1.165, 1.54) is 89.9 Å². The van der Waals surface area contributed by atoms with Gasteiger partial charge in [-0.2, -0.15) is 0 Å². The van der Waals surface area contributed by atoms with E-state index >= 15 is 0 Å². The fraction of sp³-hybridized carbons (Fsp3) is 0.778. The molecule has 1 aromatic rings. The van der Waals surface area contributed by atoms with Crippen LogP contribution in [-0.4, -0.2) is 6.61 Å². The van der Waals surface area contributed by atoms with E-state index < -0.39 is 0 Å². The minimum absolute atomic E-state index is 0.0787. The van der Waals surface area contributed by atoms with Crippen LogP contribution in [0.5, 0.6) is 5.75 Å². The summed E-state index contributed by atoms with van der Waals surface area (Å²) in [7, 11) is 0. The Morgan fingerprint density at radius 2 is 1.52 bits per heavy atom. The molecule has 166 valence electrons. The molecule has 0 bridgehead atoms. The molecule has 1 aromatic carbocycles. The van der Waals surface area contributed by atoms with Gasteiger partial charge in [-0.3, -0.25) is 0 Å². The van der Waals surface area contributed by atoms with Gasteiger partial charge in [0.05, 0.1) is 6.61 Å². The highest BCUT2D eigenvalue weighted by Crippen LogP contribution is 2.44. The minimum Gasteiger partial charge on any atom is -0.493 e. The van der Waals surface area contributed by atoms with Gasteiger partial charge < -0.3 is 4.74 Å². The van der Waals surface area contributed by atoms with Gasteiger partial charge in [-0.05, 0) is 55.6 Å². The number of ether oxygens (including phenoxy) is 1. The zero-order chi connectivity index (χ0) is 20.8. The summed E-state index contributed by atoms with van der Waals surface area (Å²) in [5.74, 6) is 0.607. The highest BCUT2D eigenvalue weighted by molar-refractivity contribution is 5.29. The minimum atomic E-state index is -0.0787. The second-order valence-corrected chi connectivity index (χ2v) is 9.39. The van der Waals surface area contributed by atoms with Gasteiger partial charge in [0.2, 0.25) is 0 Å². The van der Waals surface area contributed by atoms with Gasteiger partial charge in [0.15, 0.2) is 0 Å². The Bertz CT molecular complexity index is 547. The van der Waals surface area contributed by atoms with Crippen LogP contribution in [-0.2, 0) is 6.42 Å². The van der Waals surface area contributed by atoms with Crippen molar-refractivity contribution in [1.29, 1.82) is 0 Å². The van der Waals surface area contributed by atoms with Crippen LogP contribution in [0.1, 0.15) is 122 Å². The Hall–Kier alpha value is -1.05. The van der Waals surface area contributed by atoms with Crippen LogP contribution in [0.25, 0.3) is 0 Å².